The van der Waals surface area contributed by atoms with Crippen LogP contribution in [0.2, 0.25) is 0 Å². The van der Waals surface area contributed by atoms with Crippen molar-refractivity contribution in [3.8, 4) is 11.5 Å². The Bertz CT molecular complexity index is 821. The van der Waals surface area contributed by atoms with Crippen LogP contribution in [0, 0.1) is 0 Å². The third-order valence-electron chi connectivity index (χ3n) is 4.28. The molecule has 0 radical (unpaired) electrons. The van der Waals surface area contributed by atoms with Crippen molar-refractivity contribution >= 4 is 23.5 Å². The molecule has 0 spiro atoms. The van der Waals surface area contributed by atoms with Gasteiger partial charge >= 0.3 is 12.2 Å². The van der Waals surface area contributed by atoms with E-state index in [0.29, 0.717) is 35.0 Å². The van der Waals surface area contributed by atoms with Crippen LogP contribution in [0.15, 0.2) is 42.5 Å². The summed E-state index contributed by atoms with van der Waals surface area (Å²) in [5, 5.41) is 2.45. The van der Waals surface area contributed by atoms with Gasteiger partial charge in [-0.2, -0.15) is 13.2 Å². The number of methoxy groups -OCH3 is 2. The van der Waals surface area contributed by atoms with Crippen LogP contribution in [0.3, 0.4) is 0 Å². The molecule has 2 aromatic rings. The molecule has 9 heteroatoms. The van der Waals surface area contributed by atoms with Crippen LogP contribution in [-0.4, -0.2) is 37.4 Å². The van der Waals surface area contributed by atoms with Gasteiger partial charge in [0.05, 0.1) is 19.8 Å². The van der Waals surface area contributed by atoms with Gasteiger partial charge in [0.2, 0.25) is 0 Å². The van der Waals surface area contributed by atoms with E-state index in [0.717, 1.165) is 12.1 Å². The van der Waals surface area contributed by atoms with E-state index in [1.807, 2.05) is 0 Å². The SMILES string of the molecule is COc1cc(NC(=O)N2CCS[C@@H]2c2ccc(C(F)(F)F)cc2)cc(OC)c1. The molecule has 1 aliphatic heterocycles. The topological polar surface area (TPSA) is 50.8 Å². The first-order chi connectivity index (χ1) is 13.3. The van der Waals surface area contributed by atoms with E-state index in [-0.39, 0.29) is 11.4 Å². The Morgan fingerprint density at radius 1 is 1.11 bits per heavy atom. The van der Waals surface area contributed by atoms with Gasteiger partial charge in [-0.3, -0.25) is 0 Å². The number of carbonyl (C=O) groups excluding carboxylic acids is 1. The van der Waals surface area contributed by atoms with E-state index in [9.17, 15) is 18.0 Å². The summed E-state index contributed by atoms with van der Waals surface area (Å²) in [4.78, 5) is 14.4. The molecule has 0 aliphatic carbocycles. The molecular weight excluding hydrogens is 393 g/mol. The molecule has 5 nitrogen and oxygen atoms in total. The molecule has 0 aromatic heterocycles. The standard InChI is InChI=1S/C19H19F3N2O3S/c1-26-15-9-14(10-16(11-15)27-2)23-18(25)24-7-8-28-17(24)12-3-5-13(6-4-12)19(20,21)22/h3-6,9-11,17H,7-8H2,1-2H3,(H,23,25)/t17-/m1/s1. The Morgan fingerprint density at radius 2 is 1.71 bits per heavy atom. The first-order valence-corrected chi connectivity index (χ1v) is 9.46. The number of halogens is 3. The highest BCUT2D eigenvalue weighted by Crippen LogP contribution is 2.39. The van der Waals surface area contributed by atoms with Gasteiger partial charge in [-0.05, 0) is 17.7 Å². The molecule has 1 aliphatic rings. The largest absolute Gasteiger partial charge is 0.497 e. The average molecular weight is 412 g/mol. The Morgan fingerprint density at radius 3 is 2.25 bits per heavy atom. The first kappa shape index (κ1) is 20.2. The lowest BCUT2D eigenvalue weighted by Gasteiger charge is -2.25. The predicted octanol–water partition coefficient (Wildman–Crippen LogP) is 5.00. The molecule has 3 rings (SSSR count). The minimum absolute atomic E-state index is 0.342. The second-order valence-electron chi connectivity index (χ2n) is 6.07. The molecule has 2 amide bonds. The summed E-state index contributed by atoms with van der Waals surface area (Å²) in [7, 11) is 3.02. The molecule has 0 bridgehead atoms. The highest BCUT2D eigenvalue weighted by molar-refractivity contribution is 7.99. The number of urea groups is 1. The molecule has 28 heavy (non-hydrogen) atoms. The maximum Gasteiger partial charge on any atom is 0.416 e. The molecule has 1 N–H and O–H groups in total. The summed E-state index contributed by atoms with van der Waals surface area (Å²) in [5.41, 5.74) is 0.442. The quantitative estimate of drug-likeness (QED) is 0.768. The van der Waals surface area contributed by atoms with E-state index in [1.54, 1.807) is 23.1 Å². The van der Waals surface area contributed by atoms with Crippen LogP contribution in [0.1, 0.15) is 16.5 Å². The number of nitrogens with one attached hydrogen (secondary N) is 1. The average Bonchev–Trinajstić information content (AvgIpc) is 3.17. The van der Waals surface area contributed by atoms with Crippen molar-refractivity contribution in [2.24, 2.45) is 0 Å². The van der Waals surface area contributed by atoms with Crippen molar-refractivity contribution in [1.82, 2.24) is 4.90 Å². The number of rotatable bonds is 4. The van der Waals surface area contributed by atoms with Crippen molar-refractivity contribution in [1.29, 1.82) is 0 Å². The lowest BCUT2D eigenvalue weighted by Crippen LogP contribution is -2.34. The van der Waals surface area contributed by atoms with Crippen LogP contribution in [0.4, 0.5) is 23.7 Å². The number of alkyl halides is 3. The summed E-state index contributed by atoms with van der Waals surface area (Å²) in [6.45, 7) is 0.489. The van der Waals surface area contributed by atoms with Crippen molar-refractivity contribution in [3.05, 3.63) is 53.6 Å². The van der Waals surface area contributed by atoms with Crippen LogP contribution in [0.5, 0.6) is 11.5 Å². The number of hydrogen-bond acceptors (Lipinski definition) is 4. The van der Waals surface area contributed by atoms with Crippen LogP contribution < -0.4 is 14.8 Å². The number of thioether (sulfide) groups is 1. The lowest BCUT2D eigenvalue weighted by molar-refractivity contribution is -0.137. The second-order valence-corrected chi connectivity index (χ2v) is 7.26. The van der Waals surface area contributed by atoms with Crippen molar-refractivity contribution in [3.63, 3.8) is 0 Å². The maximum atomic E-state index is 12.8. The van der Waals surface area contributed by atoms with E-state index in [4.69, 9.17) is 9.47 Å². The molecule has 1 saturated heterocycles. The van der Waals surface area contributed by atoms with Gasteiger partial charge in [-0.1, -0.05) is 12.1 Å². The maximum absolute atomic E-state index is 12.8. The molecule has 1 fully saturated rings. The fraction of sp³-hybridized carbons (Fsp3) is 0.316. The first-order valence-electron chi connectivity index (χ1n) is 8.41. The number of nitrogens with zero attached hydrogens (tertiary/aromatic N) is 1. The summed E-state index contributed by atoms with van der Waals surface area (Å²) in [6.07, 6.45) is -4.39. The molecule has 2 aromatic carbocycles. The highest BCUT2D eigenvalue weighted by atomic mass is 32.2. The van der Waals surface area contributed by atoms with Gasteiger partial charge in [0.15, 0.2) is 0 Å². The van der Waals surface area contributed by atoms with Crippen LogP contribution in [0.25, 0.3) is 0 Å². The monoisotopic (exact) mass is 412 g/mol. The summed E-state index contributed by atoms with van der Waals surface area (Å²) < 4.78 is 48.7. The third kappa shape index (κ3) is 4.46. The van der Waals surface area contributed by atoms with Crippen molar-refractivity contribution in [2.45, 2.75) is 11.6 Å². The molecule has 150 valence electrons. The number of benzene rings is 2. The number of amides is 2. The van der Waals surface area contributed by atoms with Gasteiger partial charge in [0, 0.05) is 36.2 Å². The van der Waals surface area contributed by atoms with Gasteiger partial charge < -0.3 is 19.7 Å². The van der Waals surface area contributed by atoms with E-state index in [2.05, 4.69) is 5.32 Å². The summed E-state index contributed by atoms with van der Waals surface area (Å²) in [5.74, 6) is 1.76. The zero-order chi connectivity index (χ0) is 20.3. The highest BCUT2D eigenvalue weighted by Gasteiger charge is 2.33. The smallest absolute Gasteiger partial charge is 0.416 e. The van der Waals surface area contributed by atoms with Crippen LogP contribution >= 0.6 is 11.8 Å². The second kappa shape index (κ2) is 8.22. The number of ether oxygens (including phenoxy) is 2. The Balaban J connectivity index is 1.76. The lowest BCUT2D eigenvalue weighted by atomic mass is 10.1. The minimum Gasteiger partial charge on any atom is -0.497 e. The zero-order valence-corrected chi connectivity index (χ0v) is 16.1. The van der Waals surface area contributed by atoms with E-state index >= 15 is 0 Å². The van der Waals surface area contributed by atoms with E-state index < -0.39 is 11.7 Å². The van der Waals surface area contributed by atoms with Crippen molar-refractivity contribution < 1.29 is 27.4 Å². The van der Waals surface area contributed by atoms with Gasteiger partial charge in [0.1, 0.15) is 16.9 Å². The van der Waals surface area contributed by atoms with Gasteiger partial charge in [-0.15, -0.1) is 11.8 Å². The van der Waals surface area contributed by atoms with Crippen LogP contribution in [-0.2, 0) is 6.18 Å². The number of anilines is 1. The molecule has 0 unspecified atom stereocenters. The number of hydrogen-bond donors (Lipinski definition) is 1. The normalized spacial score (nSPS) is 16.8. The third-order valence-corrected chi connectivity index (χ3v) is 5.54. The van der Waals surface area contributed by atoms with Gasteiger partial charge in [-0.25, -0.2) is 4.79 Å². The fourth-order valence-electron chi connectivity index (χ4n) is 2.87. The minimum atomic E-state index is -4.39. The summed E-state index contributed by atoms with van der Waals surface area (Å²) >= 11 is 1.51. The molecule has 1 atom stereocenters. The molecular formula is C19H19F3N2O3S. The van der Waals surface area contributed by atoms with E-state index in [1.165, 1.54) is 38.1 Å². The molecule has 1 heterocycles. The molecule has 0 saturated carbocycles. The summed E-state index contributed by atoms with van der Waals surface area (Å²) in [6, 6.07) is 9.58. The number of carbonyl (C=O) groups is 1. The van der Waals surface area contributed by atoms with Gasteiger partial charge in [0.25, 0.3) is 0 Å². The Labute approximate surface area is 164 Å². The Kier molecular flexibility index (Phi) is 5.93. The zero-order valence-electron chi connectivity index (χ0n) is 15.2. The van der Waals surface area contributed by atoms with Crippen molar-refractivity contribution in [2.75, 3.05) is 31.8 Å². The predicted molar refractivity (Wildman–Crippen MR) is 102 cm³/mol. The fourth-order valence-corrected chi connectivity index (χ4v) is 4.12. The Hall–Kier alpha value is -2.55.